The van der Waals surface area contributed by atoms with Gasteiger partial charge in [-0.15, -0.1) is 0 Å². The van der Waals surface area contributed by atoms with Crippen LogP contribution in [0, 0.1) is 6.92 Å². The summed E-state index contributed by atoms with van der Waals surface area (Å²) in [5.74, 6) is 0.858. The van der Waals surface area contributed by atoms with E-state index < -0.39 is 0 Å². The fraction of sp³-hybridized carbons (Fsp3) is 0.333. The molecule has 0 aromatic heterocycles. The van der Waals surface area contributed by atoms with Crippen LogP contribution in [0.2, 0.25) is 5.02 Å². The molecule has 2 N–H and O–H groups in total. The molecule has 0 aliphatic heterocycles. The smallest absolute Gasteiger partial charge is 0.119 e. The van der Waals surface area contributed by atoms with Gasteiger partial charge in [0, 0.05) is 16.6 Å². The molecule has 3 heteroatoms. The van der Waals surface area contributed by atoms with Gasteiger partial charge in [0.05, 0.1) is 0 Å². The van der Waals surface area contributed by atoms with Crippen molar-refractivity contribution in [1.82, 2.24) is 0 Å². The van der Waals surface area contributed by atoms with Gasteiger partial charge in [-0.3, -0.25) is 0 Å². The second kappa shape index (κ2) is 7.48. The Morgan fingerprint density at radius 2 is 1.86 bits per heavy atom. The van der Waals surface area contributed by atoms with Gasteiger partial charge in [0.2, 0.25) is 0 Å². The van der Waals surface area contributed by atoms with Gasteiger partial charge < -0.3 is 10.5 Å². The van der Waals surface area contributed by atoms with E-state index >= 15 is 0 Å². The van der Waals surface area contributed by atoms with Gasteiger partial charge >= 0.3 is 0 Å². The maximum atomic E-state index is 6.20. The molecule has 0 aliphatic rings. The van der Waals surface area contributed by atoms with Crippen LogP contribution in [0.4, 0.5) is 0 Å². The number of halogens is 1. The van der Waals surface area contributed by atoms with Gasteiger partial charge in [0.15, 0.2) is 0 Å². The minimum absolute atomic E-state index is 0.240. The molecule has 2 rings (SSSR count). The molecule has 112 valence electrons. The molecule has 0 fully saturated rings. The van der Waals surface area contributed by atoms with Crippen molar-refractivity contribution in [3.63, 3.8) is 0 Å². The lowest BCUT2D eigenvalue weighted by molar-refractivity contribution is 0.306. The van der Waals surface area contributed by atoms with E-state index in [2.05, 4.69) is 12.1 Å². The minimum Gasteiger partial charge on any atom is -0.489 e. The summed E-state index contributed by atoms with van der Waals surface area (Å²) >= 11 is 6.20. The van der Waals surface area contributed by atoms with Crippen LogP contribution in [-0.2, 0) is 13.0 Å². The zero-order valence-electron chi connectivity index (χ0n) is 12.6. The molecule has 0 saturated heterocycles. The van der Waals surface area contributed by atoms with Crippen molar-refractivity contribution in [3.8, 4) is 5.75 Å². The van der Waals surface area contributed by atoms with Gasteiger partial charge in [-0.1, -0.05) is 35.9 Å². The molecule has 0 heterocycles. The summed E-state index contributed by atoms with van der Waals surface area (Å²) < 4.78 is 5.78. The van der Waals surface area contributed by atoms with Crippen molar-refractivity contribution in [3.05, 3.63) is 64.2 Å². The van der Waals surface area contributed by atoms with E-state index in [4.69, 9.17) is 22.1 Å². The topological polar surface area (TPSA) is 35.2 Å². The van der Waals surface area contributed by atoms with Crippen molar-refractivity contribution >= 4 is 11.6 Å². The van der Waals surface area contributed by atoms with E-state index in [0.717, 1.165) is 34.7 Å². The van der Waals surface area contributed by atoms with Crippen LogP contribution < -0.4 is 10.5 Å². The molecular weight excluding hydrogens is 282 g/mol. The van der Waals surface area contributed by atoms with Gasteiger partial charge in [-0.25, -0.2) is 0 Å². The summed E-state index contributed by atoms with van der Waals surface area (Å²) in [6.45, 7) is 4.54. The van der Waals surface area contributed by atoms with Crippen LogP contribution in [0.15, 0.2) is 42.5 Å². The number of hydrogen-bond acceptors (Lipinski definition) is 2. The average molecular weight is 304 g/mol. The first-order chi connectivity index (χ1) is 10.0. The Labute approximate surface area is 131 Å². The highest BCUT2D eigenvalue weighted by Crippen LogP contribution is 2.20. The lowest BCUT2D eigenvalue weighted by Crippen LogP contribution is -2.15. The molecule has 1 atom stereocenters. The Balaban J connectivity index is 1.91. The zero-order chi connectivity index (χ0) is 15.2. The van der Waals surface area contributed by atoms with E-state index in [0.29, 0.717) is 6.61 Å². The fourth-order valence-corrected chi connectivity index (χ4v) is 2.37. The van der Waals surface area contributed by atoms with E-state index in [1.807, 2.05) is 44.2 Å². The van der Waals surface area contributed by atoms with Crippen LogP contribution in [0.5, 0.6) is 5.75 Å². The third-order valence-corrected chi connectivity index (χ3v) is 3.77. The summed E-state index contributed by atoms with van der Waals surface area (Å²) in [4.78, 5) is 0. The van der Waals surface area contributed by atoms with Crippen molar-refractivity contribution < 1.29 is 4.74 Å². The highest BCUT2D eigenvalue weighted by molar-refractivity contribution is 6.31. The van der Waals surface area contributed by atoms with E-state index in [1.54, 1.807) is 0 Å². The molecule has 2 nitrogen and oxygen atoms in total. The summed E-state index contributed by atoms with van der Waals surface area (Å²) in [6, 6.07) is 14.4. The molecule has 0 aliphatic carbocycles. The van der Waals surface area contributed by atoms with Crippen molar-refractivity contribution in [1.29, 1.82) is 0 Å². The normalized spacial score (nSPS) is 12.2. The van der Waals surface area contributed by atoms with E-state index in [9.17, 15) is 0 Å². The lowest BCUT2D eigenvalue weighted by atomic mass is 10.1. The quantitative estimate of drug-likeness (QED) is 0.852. The van der Waals surface area contributed by atoms with Crippen LogP contribution in [0.25, 0.3) is 0 Å². The highest BCUT2D eigenvalue weighted by atomic mass is 35.5. The predicted molar refractivity (Wildman–Crippen MR) is 88.9 cm³/mol. The third kappa shape index (κ3) is 5.07. The van der Waals surface area contributed by atoms with E-state index in [1.165, 1.54) is 5.56 Å². The maximum Gasteiger partial charge on any atom is 0.119 e. The van der Waals surface area contributed by atoms with Gasteiger partial charge in [-0.2, -0.15) is 0 Å². The maximum absolute atomic E-state index is 6.20. The Morgan fingerprint density at radius 1 is 1.14 bits per heavy atom. The van der Waals surface area contributed by atoms with Crippen molar-refractivity contribution in [2.45, 2.75) is 39.3 Å². The molecule has 2 aromatic carbocycles. The number of nitrogens with two attached hydrogens (primary N) is 1. The average Bonchev–Trinajstić information content (AvgIpc) is 2.45. The van der Waals surface area contributed by atoms with Crippen molar-refractivity contribution in [2.75, 3.05) is 0 Å². The molecular formula is C18H22ClNO. The first-order valence-electron chi connectivity index (χ1n) is 7.27. The predicted octanol–water partition coefficient (Wildman–Crippen LogP) is 4.51. The molecule has 2 aromatic rings. The molecule has 1 unspecified atom stereocenters. The fourth-order valence-electron chi connectivity index (χ4n) is 2.08. The molecule has 0 spiro atoms. The Morgan fingerprint density at radius 3 is 2.48 bits per heavy atom. The van der Waals surface area contributed by atoms with Gasteiger partial charge in [0.25, 0.3) is 0 Å². The van der Waals surface area contributed by atoms with Crippen LogP contribution in [-0.4, -0.2) is 6.04 Å². The standard InChI is InChI=1S/C18H22ClNO/c1-13-3-8-16(18(19)11-13)12-21-17-9-6-15(7-10-17)5-4-14(2)20/h3,6-11,14H,4-5,12,20H2,1-2H3. The summed E-state index contributed by atoms with van der Waals surface area (Å²) in [5, 5.41) is 0.753. The summed E-state index contributed by atoms with van der Waals surface area (Å²) in [7, 11) is 0. The lowest BCUT2D eigenvalue weighted by Gasteiger charge is -2.10. The van der Waals surface area contributed by atoms with Gasteiger partial charge in [-0.05, 0) is 56.0 Å². The SMILES string of the molecule is Cc1ccc(COc2ccc(CCC(C)N)cc2)c(Cl)c1. The van der Waals surface area contributed by atoms with Gasteiger partial charge in [0.1, 0.15) is 12.4 Å². The Bertz CT molecular complexity index is 578. The molecule has 0 radical (unpaired) electrons. The van der Waals surface area contributed by atoms with Crippen LogP contribution in [0.1, 0.15) is 30.0 Å². The second-order valence-corrected chi connectivity index (χ2v) is 5.95. The molecule has 0 saturated carbocycles. The number of benzene rings is 2. The Kier molecular flexibility index (Phi) is 5.66. The first-order valence-corrected chi connectivity index (χ1v) is 7.65. The summed E-state index contributed by atoms with van der Waals surface area (Å²) in [6.07, 6.45) is 2.00. The summed E-state index contributed by atoms with van der Waals surface area (Å²) in [5.41, 5.74) is 9.21. The number of ether oxygens (including phenoxy) is 1. The molecule has 0 bridgehead atoms. The van der Waals surface area contributed by atoms with E-state index in [-0.39, 0.29) is 6.04 Å². The van der Waals surface area contributed by atoms with Crippen LogP contribution in [0.3, 0.4) is 0 Å². The minimum atomic E-state index is 0.240. The molecule has 21 heavy (non-hydrogen) atoms. The zero-order valence-corrected chi connectivity index (χ0v) is 13.4. The number of hydrogen-bond donors (Lipinski definition) is 1. The molecule has 0 amide bonds. The Hall–Kier alpha value is -1.51. The van der Waals surface area contributed by atoms with Crippen molar-refractivity contribution in [2.24, 2.45) is 5.73 Å². The monoisotopic (exact) mass is 303 g/mol. The van der Waals surface area contributed by atoms with Crippen LogP contribution >= 0.6 is 11.6 Å². The number of aryl methyl sites for hydroxylation is 2. The third-order valence-electron chi connectivity index (χ3n) is 3.41. The highest BCUT2D eigenvalue weighted by Gasteiger charge is 2.02. The first kappa shape index (κ1) is 15.9. The second-order valence-electron chi connectivity index (χ2n) is 5.54. The largest absolute Gasteiger partial charge is 0.489 e. The number of rotatable bonds is 6.